The number of phenols is 1. The minimum absolute atomic E-state index is 0.107. The number of halogens is 1. The van der Waals surface area contributed by atoms with Gasteiger partial charge < -0.3 is 20.1 Å². The molecule has 0 saturated carbocycles. The van der Waals surface area contributed by atoms with Crippen molar-refractivity contribution in [2.45, 2.75) is 0 Å². The molecule has 1 saturated heterocycles. The predicted molar refractivity (Wildman–Crippen MR) is 77.3 cm³/mol. The Balaban J connectivity index is 1.91. The Morgan fingerprint density at radius 2 is 2.40 bits per heavy atom. The highest BCUT2D eigenvalue weighted by molar-refractivity contribution is 6.30. The van der Waals surface area contributed by atoms with E-state index in [-0.39, 0.29) is 23.1 Å². The Morgan fingerprint density at radius 1 is 1.60 bits per heavy atom. The van der Waals surface area contributed by atoms with Crippen LogP contribution >= 0.6 is 11.6 Å². The molecule has 2 N–H and O–H groups in total. The van der Waals surface area contributed by atoms with Crippen molar-refractivity contribution in [1.29, 1.82) is 0 Å². The second-order valence-corrected chi connectivity index (χ2v) is 5.51. The number of hydrogen-bond donors (Lipinski definition) is 2. The van der Waals surface area contributed by atoms with E-state index in [1.165, 1.54) is 12.1 Å². The van der Waals surface area contributed by atoms with Crippen molar-refractivity contribution in [3.05, 3.63) is 28.8 Å². The molecule has 110 valence electrons. The van der Waals surface area contributed by atoms with Crippen molar-refractivity contribution in [2.24, 2.45) is 5.92 Å². The molecule has 0 spiro atoms. The van der Waals surface area contributed by atoms with Gasteiger partial charge in [-0.2, -0.15) is 0 Å². The van der Waals surface area contributed by atoms with Crippen molar-refractivity contribution < 1.29 is 14.6 Å². The number of aromatic hydroxyl groups is 1. The zero-order valence-electron chi connectivity index (χ0n) is 11.4. The molecule has 1 aromatic rings. The molecule has 6 heteroatoms. The maximum atomic E-state index is 12.0. The summed E-state index contributed by atoms with van der Waals surface area (Å²) in [5.41, 5.74) is 0.234. The number of nitrogens with zero attached hydrogens (tertiary/aromatic N) is 1. The molecule has 1 heterocycles. The first kappa shape index (κ1) is 15.1. The van der Waals surface area contributed by atoms with E-state index in [0.29, 0.717) is 18.2 Å². The van der Waals surface area contributed by atoms with Crippen LogP contribution in [0.25, 0.3) is 0 Å². The Morgan fingerprint density at radius 3 is 3.15 bits per heavy atom. The van der Waals surface area contributed by atoms with Gasteiger partial charge in [-0.1, -0.05) is 11.6 Å². The Hall–Kier alpha value is -1.30. The third-order valence-corrected chi connectivity index (χ3v) is 3.53. The van der Waals surface area contributed by atoms with E-state index >= 15 is 0 Å². The van der Waals surface area contributed by atoms with Crippen molar-refractivity contribution >= 4 is 17.5 Å². The van der Waals surface area contributed by atoms with Gasteiger partial charge in [0.1, 0.15) is 5.75 Å². The highest BCUT2D eigenvalue weighted by atomic mass is 35.5. The fourth-order valence-corrected chi connectivity index (χ4v) is 2.37. The van der Waals surface area contributed by atoms with Crippen molar-refractivity contribution in [1.82, 2.24) is 10.2 Å². The van der Waals surface area contributed by atoms with Crippen LogP contribution in [0.5, 0.6) is 5.75 Å². The smallest absolute Gasteiger partial charge is 0.255 e. The summed E-state index contributed by atoms with van der Waals surface area (Å²) in [5, 5.41) is 12.9. The van der Waals surface area contributed by atoms with Gasteiger partial charge in [0.25, 0.3) is 5.91 Å². The standard InChI is InChI=1S/C14H19ClN2O3/c1-17-4-5-20-9-10(8-17)7-16-14(19)12-3-2-11(15)6-13(12)18/h2-3,6,10,18H,4-5,7-9H2,1H3,(H,16,19). The van der Waals surface area contributed by atoms with Gasteiger partial charge in [0.2, 0.25) is 0 Å². The van der Waals surface area contributed by atoms with Crippen LogP contribution in [0.15, 0.2) is 18.2 Å². The van der Waals surface area contributed by atoms with Crippen LogP contribution in [-0.4, -0.2) is 55.8 Å². The molecule has 5 nitrogen and oxygen atoms in total. The summed E-state index contributed by atoms with van der Waals surface area (Å²) < 4.78 is 5.50. The monoisotopic (exact) mass is 298 g/mol. The number of phenolic OH excluding ortho intramolecular Hbond substituents is 1. The number of carbonyl (C=O) groups excluding carboxylic acids is 1. The van der Waals surface area contributed by atoms with Gasteiger partial charge in [-0.3, -0.25) is 4.79 Å². The molecule has 1 aromatic carbocycles. The number of benzene rings is 1. The zero-order valence-corrected chi connectivity index (χ0v) is 12.2. The maximum absolute atomic E-state index is 12.0. The molecule has 1 fully saturated rings. The average molecular weight is 299 g/mol. The molecule has 1 aliphatic heterocycles. The molecule has 0 bridgehead atoms. The molecule has 0 aliphatic carbocycles. The first-order valence-electron chi connectivity index (χ1n) is 6.59. The number of hydrogen-bond acceptors (Lipinski definition) is 4. The van der Waals surface area contributed by atoms with E-state index in [0.717, 1.165) is 19.7 Å². The lowest BCUT2D eigenvalue weighted by molar-refractivity contribution is 0.0919. The molecule has 2 rings (SSSR count). The summed E-state index contributed by atoms with van der Waals surface area (Å²) in [6.07, 6.45) is 0. The van der Waals surface area contributed by atoms with E-state index in [1.54, 1.807) is 6.07 Å². The maximum Gasteiger partial charge on any atom is 0.255 e. The van der Waals surface area contributed by atoms with Gasteiger partial charge in [-0.25, -0.2) is 0 Å². The largest absolute Gasteiger partial charge is 0.507 e. The number of amides is 1. The molecule has 0 aromatic heterocycles. The van der Waals surface area contributed by atoms with Crippen LogP contribution in [0.2, 0.25) is 5.02 Å². The predicted octanol–water partition coefficient (Wildman–Crippen LogP) is 1.35. The van der Waals surface area contributed by atoms with Gasteiger partial charge in [0, 0.05) is 30.6 Å². The minimum Gasteiger partial charge on any atom is -0.507 e. The fourth-order valence-electron chi connectivity index (χ4n) is 2.21. The van der Waals surface area contributed by atoms with Crippen molar-refractivity contribution in [3.8, 4) is 5.75 Å². The van der Waals surface area contributed by atoms with Crippen molar-refractivity contribution in [3.63, 3.8) is 0 Å². The van der Waals surface area contributed by atoms with Crippen LogP contribution < -0.4 is 5.32 Å². The highest BCUT2D eigenvalue weighted by Gasteiger charge is 2.18. The van der Waals surface area contributed by atoms with E-state index in [9.17, 15) is 9.90 Å². The quantitative estimate of drug-likeness (QED) is 0.884. The second-order valence-electron chi connectivity index (χ2n) is 5.07. The number of nitrogens with one attached hydrogen (secondary N) is 1. The zero-order chi connectivity index (χ0) is 14.5. The normalized spacial score (nSPS) is 20.4. The number of ether oxygens (including phenoxy) is 1. The third-order valence-electron chi connectivity index (χ3n) is 3.30. The number of likely N-dealkylation sites (N-methyl/N-ethyl adjacent to an activating group) is 1. The molecule has 1 amide bonds. The van der Waals surface area contributed by atoms with Crippen LogP contribution in [0.3, 0.4) is 0 Å². The van der Waals surface area contributed by atoms with E-state index in [2.05, 4.69) is 10.2 Å². The molecule has 1 atom stereocenters. The van der Waals surface area contributed by atoms with E-state index < -0.39 is 0 Å². The van der Waals surface area contributed by atoms with Gasteiger partial charge in [-0.05, 0) is 25.2 Å². The summed E-state index contributed by atoms with van der Waals surface area (Å²) in [4.78, 5) is 14.2. The van der Waals surface area contributed by atoms with Crippen LogP contribution in [0.1, 0.15) is 10.4 Å². The topological polar surface area (TPSA) is 61.8 Å². The van der Waals surface area contributed by atoms with Gasteiger partial charge >= 0.3 is 0 Å². The van der Waals surface area contributed by atoms with E-state index in [4.69, 9.17) is 16.3 Å². The molecule has 0 radical (unpaired) electrons. The summed E-state index contributed by atoms with van der Waals surface area (Å²) >= 11 is 5.74. The molecule has 20 heavy (non-hydrogen) atoms. The summed E-state index contributed by atoms with van der Waals surface area (Å²) in [6, 6.07) is 4.46. The minimum atomic E-state index is -0.300. The summed E-state index contributed by atoms with van der Waals surface area (Å²) in [7, 11) is 2.04. The summed E-state index contributed by atoms with van der Waals surface area (Å²) in [6.45, 7) is 3.66. The van der Waals surface area contributed by atoms with Crippen molar-refractivity contribution in [2.75, 3.05) is 39.9 Å². The van der Waals surface area contributed by atoms with E-state index in [1.807, 2.05) is 7.05 Å². The first-order valence-corrected chi connectivity index (χ1v) is 6.97. The number of rotatable bonds is 3. The van der Waals surface area contributed by atoms with Crippen LogP contribution in [-0.2, 0) is 4.74 Å². The lowest BCUT2D eigenvalue weighted by atomic mass is 10.1. The molecule has 1 aliphatic rings. The second kappa shape index (κ2) is 6.92. The highest BCUT2D eigenvalue weighted by Crippen LogP contribution is 2.21. The Bertz CT molecular complexity index is 481. The lowest BCUT2D eigenvalue weighted by Crippen LogP contribution is -2.35. The molecular formula is C14H19ClN2O3. The molecular weight excluding hydrogens is 280 g/mol. The SMILES string of the molecule is CN1CCOCC(CNC(=O)c2ccc(Cl)cc2O)C1. The first-order chi connectivity index (χ1) is 9.56. The fraction of sp³-hybridized carbons (Fsp3) is 0.500. The van der Waals surface area contributed by atoms with Gasteiger partial charge in [-0.15, -0.1) is 0 Å². The van der Waals surface area contributed by atoms with Gasteiger partial charge in [0.05, 0.1) is 18.8 Å². The lowest BCUT2D eigenvalue weighted by Gasteiger charge is -2.19. The van der Waals surface area contributed by atoms with Crippen LogP contribution in [0, 0.1) is 5.92 Å². The Kier molecular flexibility index (Phi) is 5.23. The third kappa shape index (κ3) is 4.10. The van der Waals surface area contributed by atoms with Gasteiger partial charge in [0.15, 0.2) is 0 Å². The Labute approximate surface area is 123 Å². The molecule has 1 unspecified atom stereocenters. The van der Waals surface area contributed by atoms with Crippen LogP contribution in [0.4, 0.5) is 0 Å². The summed E-state index contributed by atoms with van der Waals surface area (Å²) in [5.74, 6) is -0.156. The number of carbonyl (C=O) groups is 1. The average Bonchev–Trinajstić information content (AvgIpc) is 2.60.